The lowest BCUT2D eigenvalue weighted by Crippen LogP contribution is -2.23. The summed E-state index contributed by atoms with van der Waals surface area (Å²) in [5.74, 6) is 0.117. The summed E-state index contributed by atoms with van der Waals surface area (Å²) >= 11 is 0. The van der Waals surface area contributed by atoms with Crippen molar-refractivity contribution in [2.24, 2.45) is 11.8 Å². The SMILES string of the molecule is CCCc1ccc(OC(=O)C2=C(C(=O)Oc3ccc(CCC)cc3CCC)C3C=CC2C3)c(CCC)c1. The lowest BCUT2D eigenvalue weighted by molar-refractivity contribution is -0.133. The Hall–Kier alpha value is -3.14. The third kappa shape index (κ3) is 6.06. The number of allylic oxidation sites excluding steroid dienone is 2. The van der Waals surface area contributed by atoms with Gasteiger partial charge in [-0.25, -0.2) is 9.59 Å². The van der Waals surface area contributed by atoms with Crippen LogP contribution in [0.1, 0.15) is 82.1 Å². The van der Waals surface area contributed by atoms with E-state index >= 15 is 0 Å². The maximum Gasteiger partial charge on any atom is 0.340 e. The number of aryl methyl sites for hydroxylation is 4. The van der Waals surface area contributed by atoms with Gasteiger partial charge in [0.05, 0.1) is 11.1 Å². The molecular formula is C33H40O4. The molecule has 0 amide bonds. The fraction of sp³-hybridized carbons (Fsp3) is 0.455. The van der Waals surface area contributed by atoms with Gasteiger partial charge in [-0.3, -0.25) is 0 Å². The summed E-state index contributed by atoms with van der Waals surface area (Å²) in [6.45, 7) is 8.57. The highest BCUT2D eigenvalue weighted by Crippen LogP contribution is 2.45. The molecule has 0 fully saturated rings. The van der Waals surface area contributed by atoms with Gasteiger partial charge < -0.3 is 9.47 Å². The van der Waals surface area contributed by atoms with Crippen molar-refractivity contribution in [2.45, 2.75) is 85.5 Å². The van der Waals surface area contributed by atoms with E-state index in [0.717, 1.165) is 68.9 Å². The highest BCUT2D eigenvalue weighted by Gasteiger charge is 2.43. The lowest BCUT2D eigenvalue weighted by Gasteiger charge is -2.17. The van der Waals surface area contributed by atoms with E-state index in [2.05, 4.69) is 39.8 Å². The Morgan fingerprint density at radius 1 is 0.649 bits per heavy atom. The molecule has 2 bridgehead atoms. The molecule has 0 heterocycles. The van der Waals surface area contributed by atoms with Gasteiger partial charge in [0.2, 0.25) is 0 Å². The Balaban J connectivity index is 1.60. The first-order valence-electron chi connectivity index (χ1n) is 14.1. The van der Waals surface area contributed by atoms with Gasteiger partial charge in [-0.05, 0) is 66.5 Å². The van der Waals surface area contributed by atoms with Crippen LogP contribution in [0.25, 0.3) is 0 Å². The molecule has 0 saturated heterocycles. The molecule has 2 aliphatic carbocycles. The van der Waals surface area contributed by atoms with Crippen molar-refractivity contribution in [3.8, 4) is 11.5 Å². The Labute approximate surface area is 221 Å². The molecule has 4 heteroatoms. The zero-order valence-corrected chi connectivity index (χ0v) is 22.8. The summed E-state index contributed by atoms with van der Waals surface area (Å²) in [6.07, 6.45) is 12.5. The summed E-state index contributed by atoms with van der Waals surface area (Å²) in [6, 6.07) is 12.2. The van der Waals surface area contributed by atoms with Crippen molar-refractivity contribution in [1.82, 2.24) is 0 Å². The second kappa shape index (κ2) is 12.4. The maximum atomic E-state index is 13.5. The number of carbonyl (C=O) groups is 2. The van der Waals surface area contributed by atoms with E-state index in [0.29, 0.717) is 22.6 Å². The lowest BCUT2D eigenvalue weighted by atomic mass is 9.96. The van der Waals surface area contributed by atoms with Crippen molar-refractivity contribution in [2.75, 3.05) is 0 Å². The Kier molecular flexibility index (Phi) is 9.02. The van der Waals surface area contributed by atoms with Crippen LogP contribution in [0.3, 0.4) is 0 Å². The van der Waals surface area contributed by atoms with E-state index in [1.807, 2.05) is 36.4 Å². The number of fused-ring (bicyclic) bond motifs is 2. The number of hydrogen-bond acceptors (Lipinski definition) is 4. The van der Waals surface area contributed by atoms with Gasteiger partial charge in [-0.2, -0.15) is 0 Å². The van der Waals surface area contributed by atoms with Gasteiger partial charge in [0, 0.05) is 11.8 Å². The molecule has 0 aliphatic heterocycles. The van der Waals surface area contributed by atoms with Crippen LogP contribution in [0, 0.1) is 11.8 Å². The zero-order valence-electron chi connectivity index (χ0n) is 22.8. The van der Waals surface area contributed by atoms with E-state index in [9.17, 15) is 9.59 Å². The topological polar surface area (TPSA) is 52.6 Å². The molecule has 0 aromatic heterocycles. The highest BCUT2D eigenvalue weighted by atomic mass is 16.5. The predicted molar refractivity (Wildman–Crippen MR) is 148 cm³/mol. The molecule has 0 radical (unpaired) electrons. The van der Waals surface area contributed by atoms with Crippen LogP contribution in [0.5, 0.6) is 11.5 Å². The van der Waals surface area contributed by atoms with Gasteiger partial charge in [0.25, 0.3) is 0 Å². The number of hydrogen-bond donors (Lipinski definition) is 0. The van der Waals surface area contributed by atoms with E-state index in [1.165, 1.54) is 11.1 Å². The minimum Gasteiger partial charge on any atom is -0.423 e. The van der Waals surface area contributed by atoms with Crippen molar-refractivity contribution in [3.63, 3.8) is 0 Å². The minimum absolute atomic E-state index is 0.101. The first-order valence-corrected chi connectivity index (χ1v) is 14.1. The van der Waals surface area contributed by atoms with Crippen molar-refractivity contribution in [3.05, 3.63) is 82.0 Å². The maximum absolute atomic E-state index is 13.5. The second-order valence-electron chi connectivity index (χ2n) is 10.3. The average molecular weight is 501 g/mol. The molecule has 2 unspecified atom stereocenters. The standard InChI is InChI=1S/C33H40O4/c1-5-9-22-13-17-28(24(19-22)11-7-3)36-32(34)30-26-15-16-27(21-26)31(30)33(35)37-29-18-14-23(10-6-2)20-25(29)12-8-4/h13-20,26-27H,5-12,21H2,1-4H3. The average Bonchev–Trinajstić information content (AvgIpc) is 3.50. The molecule has 4 nitrogen and oxygen atoms in total. The van der Waals surface area contributed by atoms with Crippen LogP contribution in [-0.2, 0) is 35.3 Å². The molecule has 0 spiro atoms. The van der Waals surface area contributed by atoms with Gasteiger partial charge in [-0.15, -0.1) is 0 Å². The fourth-order valence-corrected chi connectivity index (χ4v) is 5.64. The Morgan fingerprint density at radius 3 is 1.43 bits per heavy atom. The van der Waals surface area contributed by atoms with Crippen LogP contribution in [0.15, 0.2) is 59.7 Å². The smallest absolute Gasteiger partial charge is 0.340 e. The second-order valence-corrected chi connectivity index (χ2v) is 10.3. The number of esters is 2. The molecule has 2 aromatic carbocycles. The quantitative estimate of drug-likeness (QED) is 0.172. The fourth-order valence-electron chi connectivity index (χ4n) is 5.64. The van der Waals surface area contributed by atoms with Crippen LogP contribution in [0.2, 0.25) is 0 Å². The van der Waals surface area contributed by atoms with Crippen molar-refractivity contribution >= 4 is 11.9 Å². The normalized spacial score (nSPS) is 17.9. The molecule has 4 rings (SSSR count). The predicted octanol–water partition coefficient (Wildman–Crippen LogP) is 7.51. The summed E-state index contributed by atoms with van der Waals surface area (Å²) in [4.78, 5) is 27.0. The van der Waals surface area contributed by atoms with E-state index < -0.39 is 11.9 Å². The first-order chi connectivity index (χ1) is 18.0. The van der Waals surface area contributed by atoms with Crippen LogP contribution in [-0.4, -0.2) is 11.9 Å². The highest BCUT2D eigenvalue weighted by molar-refractivity contribution is 6.04. The number of benzene rings is 2. The summed E-state index contributed by atoms with van der Waals surface area (Å²) in [5.41, 5.74) is 5.51. The number of carbonyl (C=O) groups excluding carboxylic acids is 2. The van der Waals surface area contributed by atoms with Crippen LogP contribution in [0.4, 0.5) is 0 Å². The molecule has 2 aromatic rings. The van der Waals surface area contributed by atoms with Crippen molar-refractivity contribution in [1.29, 1.82) is 0 Å². The molecular weight excluding hydrogens is 460 g/mol. The zero-order chi connectivity index (χ0) is 26.4. The molecule has 196 valence electrons. The number of ether oxygens (including phenoxy) is 2. The number of rotatable bonds is 12. The third-order valence-corrected chi connectivity index (χ3v) is 7.33. The molecule has 0 N–H and O–H groups in total. The molecule has 0 saturated carbocycles. The largest absolute Gasteiger partial charge is 0.423 e. The van der Waals surface area contributed by atoms with E-state index in [1.54, 1.807) is 0 Å². The third-order valence-electron chi connectivity index (χ3n) is 7.33. The Bertz CT molecular complexity index is 1110. The van der Waals surface area contributed by atoms with Gasteiger partial charge >= 0.3 is 11.9 Å². The Morgan fingerprint density at radius 2 is 1.05 bits per heavy atom. The molecule has 37 heavy (non-hydrogen) atoms. The van der Waals surface area contributed by atoms with E-state index in [4.69, 9.17) is 9.47 Å². The first kappa shape index (κ1) is 26.9. The minimum atomic E-state index is -0.434. The van der Waals surface area contributed by atoms with Crippen molar-refractivity contribution < 1.29 is 19.1 Å². The monoisotopic (exact) mass is 500 g/mol. The van der Waals surface area contributed by atoms with Crippen LogP contribution < -0.4 is 9.47 Å². The van der Waals surface area contributed by atoms with Gasteiger partial charge in [0.1, 0.15) is 11.5 Å². The van der Waals surface area contributed by atoms with E-state index in [-0.39, 0.29) is 11.8 Å². The molecule has 2 atom stereocenters. The summed E-state index contributed by atoms with van der Waals surface area (Å²) in [5, 5.41) is 0. The van der Waals surface area contributed by atoms with Crippen LogP contribution >= 0.6 is 0 Å². The summed E-state index contributed by atoms with van der Waals surface area (Å²) < 4.78 is 11.9. The van der Waals surface area contributed by atoms with Gasteiger partial charge in [0.15, 0.2) is 0 Å². The summed E-state index contributed by atoms with van der Waals surface area (Å²) in [7, 11) is 0. The van der Waals surface area contributed by atoms with Gasteiger partial charge in [-0.1, -0.05) is 89.8 Å². The molecule has 2 aliphatic rings.